The van der Waals surface area contributed by atoms with Crippen molar-refractivity contribution in [2.45, 2.75) is 33.4 Å². The van der Waals surface area contributed by atoms with Gasteiger partial charge in [-0.2, -0.15) is 0 Å². The quantitative estimate of drug-likeness (QED) is 0.668. The number of piperazine rings is 1. The van der Waals surface area contributed by atoms with Crippen molar-refractivity contribution in [1.82, 2.24) is 9.80 Å². The summed E-state index contributed by atoms with van der Waals surface area (Å²) in [5.41, 5.74) is 4.59. The number of anilines is 1. The number of nitrogens with zero attached hydrogens (tertiary/aromatic N) is 2. The van der Waals surface area contributed by atoms with Crippen molar-refractivity contribution in [1.29, 1.82) is 0 Å². The molecule has 0 bridgehead atoms. The molecule has 1 amide bonds. The Balaban J connectivity index is 1.33. The van der Waals surface area contributed by atoms with Crippen molar-refractivity contribution < 1.29 is 4.79 Å². The number of fused-ring (bicyclic) bond motifs is 1. The molecular weight excluding hydrogens is 378 g/mol. The third-order valence-electron chi connectivity index (χ3n) is 6.02. The molecule has 2 heterocycles. The van der Waals surface area contributed by atoms with Crippen LogP contribution in [0.2, 0.25) is 0 Å². The summed E-state index contributed by atoms with van der Waals surface area (Å²) in [5, 5.41) is 6.82. The second kappa shape index (κ2) is 8.66. The van der Waals surface area contributed by atoms with Crippen LogP contribution in [0, 0.1) is 13.8 Å². The van der Waals surface area contributed by atoms with Gasteiger partial charge in [-0.3, -0.25) is 14.6 Å². The van der Waals surface area contributed by atoms with E-state index < -0.39 is 0 Å². The van der Waals surface area contributed by atoms with E-state index in [0.29, 0.717) is 0 Å². The van der Waals surface area contributed by atoms with E-state index >= 15 is 0 Å². The zero-order valence-corrected chi connectivity index (χ0v) is 18.3. The lowest BCUT2D eigenvalue weighted by molar-refractivity contribution is -0.121. The molecule has 0 unspecified atom stereocenters. The first-order valence-electron chi connectivity index (χ1n) is 10.3. The number of thiophene rings is 1. The minimum absolute atomic E-state index is 0.0830. The van der Waals surface area contributed by atoms with Crippen LogP contribution in [-0.2, 0) is 11.3 Å². The topological polar surface area (TPSA) is 35.6 Å². The van der Waals surface area contributed by atoms with Gasteiger partial charge in [-0.05, 0) is 54.3 Å². The SMILES string of the molecule is Cc1cccc(C)c1NC(=O)[C@H](C)N1CCN(Cc2csc3ccccc23)CC1. The Morgan fingerprint density at radius 1 is 1.03 bits per heavy atom. The molecule has 1 aromatic heterocycles. The summed E-state index contributed by atoms with van der Waals surface area (Å²) in [5.74, 6) is 0.0830. The fraction of sp³-hybridized carbons (Fsp3) is 0.375. The highest BCUT2D eigenvalue weighted by atomic mass is 32.1. The Labute approximate surface area is 177 Å². The molecule has 152 valence electrons. The Morgan fingerprint density at radius 2 is 1.72 bits per heavy atom. The van der Waals surface area contributed by atoms with E-state index in [4.69, 9.17) is 0 Å². The van der Waals surface area contributed by atoms with E-state index in [1.807, 2.05) is 50.3 Å². The van der Waals surface area contributed by atoms with E-state index in [-0.39, 0.29) is 11.9 Å². The first kappa shape index (κ1) is 20.1. The maximum atomic E-state index is 12.8. The minimum Gasteiger partial charge on any atom is -0.324 e. The molecule has 3 aromatic rings. The van der Waals surface area contributed by atoms with Crippen molar-refractivity contribution in [2.24, 2.45) is 0 Å². The molecule has 0 saturated carbocycles. The normalized spacial score (nSPS) is 16.8. The highest BCUT2D eigenvalue weighted by molar-refractivity contribution is 7.17. The summed E-state index contributed by atoms with van der Waals surface area (Å²) in [6.07, 6.45) is 0. The molecule has 4 nitrogen and oxygen atoms in total. The van der Waals surface area contributed by atoms with E-state index in [2.05, 4.69) is 44.8 Å². The molecule has 1 aliphatic rings. The van der Waals surface area contributed by atoms with E-state index in [0.717, 1.165) is 49.5 Å². The molecule has 0 aliphatic carbocycles. The molecule has 1 aliphatic heterocycles. The molecule has 1 saturated heterocycles. The second-order valence-corrected chi connectivity index (χ2v) is 8.91. The lowest BCUT2D eigenvalue weighted by Crippen LogP contribution is -2.52. The van der Waals surface area contributed by atoms with Crippen LogP contribution in [0.25, 0.3) is 10.1 Å². The Bertz CT molecular complexity index is 984. The van der Waals surface area contributed by atoms with Gasteiger partial charge in [0.1, 0.15) is 0 Å². The first-order valence-corrected chi connectivity index (χ1v) is 11.2. The zero-order chi connectivity index (χ0) is 20.4. The van der Waals surface area contributed by atoms with Crippen LogP contribution in [0.1, 0.15) is 23.6 Å². The van der Waals surface area contributed by atoms with Gasteiger partial charge >= 0.3 is 0 Å². The predicted octanol–water partition coefficient (Wildman–Crippen LogP) is 4.66. The first-order chi connectivity index (χ1) is 14.0. The minimum atomic E-state index is -0.127. The van der Waals surface area contributed by atoms with Crippen molar-refractivity contribution >= 4 is 33.0 Å². The summed E-state index contributed by atoms with van der Waals surface area (Å²) in [6, 6.07) is 14.6. The number of rotatable bonds is 5. The van der Waals surface area contributed by atoms with Crippen LogP contribution in [0.4, 0.5) is 5.69 Å². The number of hydrogen-bond acceptors (Lipinski definition) is 4. The van der Waals surface area contributed by atoms with Crippen molar-refractivity contribution in [3.63, 3.8) is 0 Å². The van der Waals surface area contributed by atoms with E-state index in [1.54, 1.807) is 0 Å². The average Bonchev–Trinajstić information content (AvgIpc) is 3.14. The third kappa shape index (κ3) is 4.37. The molecule has 0 radical (unpaired) electrons. The van der Waals surface area contributed by atoms with Crippen LogP contribution in [0.5, 0.6) is 0 Å². The smallest absolute Gasteiger partial charge is 0.241 e. The number of aryl methyl sites for hydroxylation is 2. The summed E-state index contributed by atoms with van der Waals surface area (Å²) < 4.78 is 1.36. The van der Waals surface area contributed by atoms with Crippen molar-refractivity contribution in [2.75, 3.05) is 31.5 Å². The number of para-hydroxylation sites is 1. The molecule has 1 fully saturated rings. The number of carbonyl (C=O) groups is 1. The standard InChI is InChI=1S/C24H29N3OS/c1-17-7-6-8-18(2)23(17)25-24(28)19(3)27-13-11-26(12-14-27)15-20-16-29-22-10-5-4-9-21(20)22/h4-10,16,19H,11-15H2,1-3H3,(H,25,28)/t19-/m0/s1. The van der Waals surface area contributed by atoms with Crippen LogP contribution >= 0.6 is 11.3 Å². The van der Waals surface area contributed by atoms with Crippen molar-refractivity contribution in [3.05, 3.63) is 64.5 Å². The van der Waals surface area contributed by atoms with Crippen LogP contribution in [0.3, 0.4) is 0 Å². The third-order valence-corrected chi connectivity index (χ3v) is 7.03. The number of carbonyl (C=O) groups excluding carboxylic acids is 1. The summed E-state index contributed by atoms with van der Waals surface area (Å²) in [6.45, 7) is 10.9. The molecule has 2 aromatic carbocycles. The fourth-order valence-electron chi connectivity index (χ4n) is 4.11. The Hall–Kier alpha value is -2.21. The number of benzene rings is 2. The lowest BCUT2D eigenvalue weighted by atomic mass is 10.1. The molecule has 4 rings (SSSR count). The van der Waals surface area contributed by atoms with Crippen molar-refractivity contribution in [3.8, 4) is 0 Å². The average molecular weight is 408 g/mol. The lowest BCUT2D eigenvalue weighted by Gasteiger charge is -2.37. The molecule has 29 heavy (non-hydrogen) atoms. The van der Waals surface area contributed by atoms with Gasteiger partial charge in [-0.15, -0.1) is 11.3 Å². The van der Waals surface area contributed by atoms with Gasteiger partial charge in [-0.25, -0.2) is 0 Å². The van der Waals surface area contributed by atoms with Gasteiger partial charge in [0.2, 0.25) is 5.91 Å². The maximum absolute atomic E-state index is 12.8. The van der Waals surface area contributed by atoms with Gasteiger partial charge in [0.05, 0.1) is 6.04 Å². The summed E-state index contributed by atoms with van der Waals surface area (Å²) in [7, 11) is 0. The molecular formula is C24H29N3OS. The summed E-state index contributed by atoms with van der Waals surface area (Å²) >= 11 is 1.82. The molecule has 5 heteroatoms. The summed E-state index contributed by atoms with van der Waals surface area (Å²) in [4.78, 5) is 17.6. The highest BCUT2D eigenvalue weighted by Gasteiger charge is 2.26. The van der Waals surface area contributed by atoms with E-state index in [1.165, 1.54) is 15.6 Å². The highest BCUT2D eigenvalue weighted by Crippen LogP contribution is 2.27. The largest absolute Gasteiger partial charge is 0.324 e. The molecule has 0 spiro atoms. The van der Waals surface area contributed by atoms with Gasteiger partial charge < -0.3 is 5.32 Å². The number of amides is 1. The molecule has 1 atom stereocenters. The van der Waals surface area contributed by atoms with Crippen LogP contribution in [0.15, 0.2) is 47.8 Å². The van der Waals surface area contributed by atoms with E-state index in [9.17, 15) is 4.79 Å². The van der Waals surface area contributed by atoms with Crippen LogP contribution in [-0.4, -0.2) is 47.9 Å². The monoisotopic (exact) mass is 407 g/mol. The zero-order valence-electron chi connectivity index (χ0n) is 17.4. The second-order valence-electron chi connectivity index (χ2n) is 8.00. The Kier molecular flexibility index (Phi) is 5.99. The Morgan fingerprint density at radius 3 is 2.45 bits per heavy atom. The number of nitrogens with one attached hydrogen (secondary N) is 1. The van der Waals surface area contributed by atoms with Gasteiger partial charge in [0.25, 0.3) is 0 Å². The fourth-order valence-corrected chi connectivity index (χ4v) is 5.06. The van der Waals surface area contributed by atoms with Gasteiger partial charge in [0, 0.05) is 43.1 Å². The molecule has 1 N–H and O–H groups in total. The predicted molar refractivity (Wildman–Crippen MR) is 123 cm³/mol. The maximum Gasteiger partial charge on any atom is 0.241 e. The van der Waals surface area contributed by atoms with Crippen LogP contribution < -0.4 is 5.32 Å². The number of hydrogen-bond donors (Lipinski definition) is 1. The van der Waals surface area contributed by atoms with Gasteiger partial charge in [0.15, 0.2) is 0 Å². The van der Waals surface area contributed by atoms with Gasteiger partial charge in [-0.1, -0.05) is 36.4 Å².